The lowest BCUT2D eigenvalue weighted by Gasteiger charge is -2.01. The molecule has 0 aliphatic carbocycles. The van der Waals surface area contributed by atoms with Gasteiger partial charge >= 0.3 is 0 Å². The van der Waals surface area contributed by atoms with E-state index in [1.54, 1.807) is 12.3 Å². The second-order valence-electron chi connectivity index (χ2n) is 2.99. The fourth-order valence-electron chi connectivity index (χ4n) is 1.42. The molecule has 0 saturated carbocycles. The van der Waals surface area contributed by atoms with Gasteiger partial charge in [-0.05, 0) is 12.1 Å². The predicted octanol–water partition coefficient (Wildman–Crippen LogP) is 2.47. The summed E-state index contributed by atoms with van der Waals surface area (Å²) in [5.74, 6) is 0.426. The van der Waals surface area contributed by atoms with Gasteiger partial charge in [0.15, 0.2) is 5.58 Å². The number of hydrogen-bond donors (Lipinski definition) is 0. The molecule has 0 aliphatic rings. The molecule has 2 heterocycles. The first kappa shape index (κ1) is 9.40. The Morgan fingerprint density at radius 2 is 2.13 bits per heavy atom. The van der Waals surface area contributed by atoms with Crippen LogP contribution < -0.4 is 5.43 Å². The van der Waals surface area contributed by atoms with Gasteiger partial charge in [0.25, 0.3) is 0 Å². The highest BCUT2D eigenvalue weighted by Gasteiger charge is 2.08. The van der Waals surface area contributed by atoms with Crippen molar-refractivity contribution in [3.05, 3.63) is 53.2 Å². The number of rotatable bonds is 2. The second-order valence-corrected chi connectivity index (χ2v) is 2.99. The molecule has 0 atom stereocenters. The molecule has 0 radical (unpaired) electrons. The van der Waals surface area contributed by atoms with Gasteiger partial charge in [-0.2, -0.15) is 0 Å². The smallest absolute Gasteiger partial charge is 0.200 e. The molecule has 3 heteroatoms. The third-order valence-electron chi connectivity index (χ3n) is 2.15. The van der Waals surface area contributed by atoms with E-state index in [9.17, 15) is 4.79 Å². The van der Waals surface area contributed by atoms with Gasteiger partial charge < -0.3 is 4.42 Å². The quantitative estimate of drug-likeness (QED) is 0.746. The van der Waals surface area contributed by atoms with Crippen LogP contribution in [-0.4, -0.2) is 4.98 Å². The van der Waals surface area contributed by atoms with Crippen molar-refractivity contribution in [3.8, 4) is 0 Å². The van der Waals surface area contributed by atoms with Crippen LogP contribution in [-0.2, 0) is 0 Å². The zero-order chi connectivity index (χ0) is 10.8. The van der Waals surface area contributed by atoms with Crippen molar-refractivity contribution < 1.29 is 4.42 Å². The summed E-state index contributed by atoms with van der Waals surface area (Å²) in [6.45, 7) is 7.17. The lowest BCUT2D eigenvalue weighted by atomic mass is 10.1. The topological polar surface area (TPSA) is 43.1 Å². The van der Waals surface area contributed by atoms with Crippen molar-refractivity contribution in [3.63, 3.8) is 0 Å². The molecule has 0 saturated heterocycles. The van der Waals surface area contributed by atoms with Gasteiger partial charge in [0, 0.05) is 6.20 Å². The summed E-state index contributed by atoms with van der Waals surface area (Å²) in [5.41, 5.74) is 0.787. The lowest BCUT2D eigenvalue weighted by molar-refractivity contribution is 0.587. The van der Waals surface area contributed by atoms with Gasteiger partial charge in [0.2, 0.25) is 5.43 Å². The van der Waals surface area contributed by atoms with Crippen LogP contribution in [0.5, 0.6) is 0 Å². The molecular formula is C12H9NO2. The van der Waals surface area contributed by atoms with Crippen LogP contribution in [0.2, 0.25) is 0 Å². The Morgan fingerprint density at radius 1 is 1.33 bits per heavy atom. The van der Waals surface area contributed by atoms with Crippen molar-refractivity contribution in [1.82, 2.24) is 4.98 Å². The van der Waals surface area contributed by atoms with E-state index >= 15 is 0 Å². The van der Waals surface area contributed by atoms with E-state index in [-0.39, 0.29) is 5.43 Å². The van der Waals surface area contributed by atoms with Gasteiger partial charge in [-0.3, -0.25) is 9.78 Å². The van der Waals surface area contributed by atoms with E-state index in [1.807, 2.05) is 0 Å². The first-order chi connectivity index (χ1) is 7.27. The Kier molecular flexibility index (Phi) is 2.21. The highest BCUT2D eigenvalue weighted by atomic mass is 16.3. The Labute approximate surface area is 86.4 Å². The molecule has 0 N–H and O–H groups in total. The fourth-order valence-corrected chi connectivity index (χ4v) is 1.42. The van der Waals surface area contributed by atoms with Crippen LogP contribution in [0.15, 0.2) is 40.8 Å². The maximum Gasteiger partial charge on any atom is 0.200 e. The molecule has 0 spiro atoms. The van der Waals surface area contributed by atoms with E-state index in [4.69, 9.17) is 4.42 Å². The van der Waals surface area contributed by atoms with Crippen molar-refractivity contribution in [1.29, 1.82) is 0 Å². The molecule has 2 rings (SSSR count). The molecule has 0 aromatic carbocycles. The minimum Gasteiger partial charge on any atom is -0.454 e. The van der Waals surface area contributed by atoms with Gasteiger partial charge in [-0.15, -0.1) is 0 Å². The van der Waals surface area contributed by atoms with E-state index in [0.29, 0.717) is 22.3 Å². The number of pyridine rings is 1. The highest BCUT2D eigenvalue weighted by Crippen LogP contribution is 2.15. The molecule has 74 valence electrons. The zero-order valence-electron chi connectivity index (χ0n) is 8.06. The number of hydrogen-bond acceptors (Lipinski definition) is 3. The summed E-state index contributed by atoms with van der Waals surface area (Å²) in [5, 5.41) is 0.505. The fraction of sp³-hybridized carbons (Fsp3) is 0. The maximum atomic E-state index is 11.9. The van der Waals surface area contributed by atoms with E-state index in [2.05, 4.69) is 18.1 Å². The zero-order valence-corrected chi connectivity index (χ0v) is 8.06. The average Bonchev–Trinajstić information content (AvgIpc) is 2.29. The molecule has 0 aliphatic heterocycles. The van der Waals surface area contributed by atoms with Gasteiger partial charge in [0.1, 0.15) is 5.76 Å². The lowest BCUT2D eigenvalue weighted by Crippen LogP contribution is -2.07. The molecule has 0 bridgehead atoms. The second kappa shape index (κ2) is 3.53. The third kappa shape index (κ3) is 1.38. The molecule has 3 nitrogen and oxygen atoms in total. The Balaban J connectivity index is 3.00. The summed E-state index contributed by atoms with van der Waals surface area (Å²) in [6, 6.07) is 1.63. The van der Waals surface area contributed by atoms with Crippen LogP contribution in [0.25, 0.3) is 23.1 Å². The Hall–Kier alpha value is -2.16. The minimum atomic E-state index is -0.108. The largest absolute Gasteiger partial charge is 0.454 e. The van der Waals surface area contributed by atoms with Gasteiger partial charge in [0.05, 0.1) is 17.1 Å². The monoisotopic (exact) mass is 199 g/mol. The van der Waals surface area contributed by atoms with E-state index in [0.717, 1.165) is 0 Å². The maximum absolute atomic E-state index is 11.9. The van der Waals surface area contributed by atoms with E-state index in [1.165, 1.54) is 18.3 Å². The normalized spacial score (nSPS) is 10.1. The molecule has 2 aromatic rings. The van der Waals surface area contributed by atoms with Crippen molar-refractivity contribution >= 4 is 23.1 Å². The molecule has 0 unspecified atom stereocenters. The van der Waals surface area contributed by atoms with E-state index < -0.39 is 0 Å². The van der Waals surface area contributed by atoms with Crippen LogP contribution in [0.1, 0.15) is 11.3 Å². The van der Waals surface area contributed by atoms with Crippen molar-refractivity contribution in [2.24, 2.45) is 0 Å². The first-order valence-corrected chi connectivity index (χ1v) is 4.43. The summed E-state index contributed by atoms with van der Waals surface area (Å²) in [7, 11) is 0. The van der Waals surface area contributed by atoms with Crippen LogP contribution >= 0.6 is 0 Å². The van der Waals surface area contributed by atoms with Crippen molar-refractivity contribution in [2.75, 3.05) is 0 Å². The Morgan fingerprint density at radius 3 is 2.80 bits per heavy atom. The van der Waals surface area contributed by atoms with Gasteiger partial charge in [-0.25, -0.2) is 0 Å². The first-order valence-electron chi connectivity index (χ1n) is 4.43. The number of fused-ring (bicyclic) bond motifs is 1. The summed E-state index contributed by atoms with van der Waals surface area (Å²) in [6.07, 6.45) is 6.03. The summed E-state index contributed by atoms with van der Waals surface area (Å²) >= 11 is 0. The van der Waals surface area contributed by atoms with Crippen molar-refractivity contribution in [2.45, 2.75) is 0 Å². The number of aromatic nitrogens is 1. The average molecular weight is 199 g/mol. The third-order valence-corrected chi connectivity index (χ3v) is 2.15. The predicted molar refractivity (Wildman–Crippen MR) is 60.5 cm³/mol. The van der Waals surface area contributed by atoms with Crippen LogP contribution in [0.4, 0.5) is 0 Å². The summed E-state index contributed by atoms with van der Waals surface area (Å²) < 4.78 is 5.46. The Bertz CT molecular complexity index is 596. The summed E-state index contributed by atoms with van der Waals surface area (Å²) in [4.78, 5) is 15.8. The van der Waals surface area contributed by atoms with Crippen LogP contribution in [0.3, 0.4) is 0 Å². The molecule has 15 heavy (non-hydrogen) atoms. The molecule has 0 amide bonds. The molecule has 0 fully saturated rings. The number of nitrogens with zero attached hydrogens (tertiary/aromatic N) is 1. The van der Waals surface area contributed by atoms with Crippen LogP contribution in [0, 0.1) is 0 Å². The minimum absolute atomic E-state index is 0.108. The highest BCUT2D eigenvalue weighted by molar-refractivity contribution is 5.79. The standard InChI is InChI=1S/C12H9NO2/c1-3-8-10(4-2)15-11-7-13-6-5-9(11)12(8)14/h3-7H,1-2H2. The van der Waals surface area contributed by atoms with Gasteiger partial charge in [-0.1, -0.05) is 19.2 Å². The molecule has 2 aromatic heterocycles. The SMILES string of the molecule is C=Cc1oc2cnccc2c(=O)c1C=C. The molecular weight excluding hydrogens is 190 g/mol.